The Kier molecular flexibility index (Phi) is 5.24. The molecule has 1 atom stereocenters. The normalized spacial score (nSPS) is 19.3. The number of carbonyl (C=O) groups excluding carboxylic acids is 1. The number of hydrogen-bond acceptors (Lipinski definition) is 3. The van der Waals surface area contributed by atoms with Crippen molar-refractivity contribution in [3.63, 3.8) is 0 Å². The summed E-state index contributed by atoms with van der Waals surface area (Å²) in [7, 11) is 0. The van der Waals surface area contributed by atoms with Gasteiger partial charge in [-0.25, -0.2) is 0 Å². The van der Waals surface area contributed by atoms with Crippen LogP contribution in [0.2, 0.25) is 0 Å². The van der Waals surface area contributed by atoms with Gasteiger partial charge in [-0.05, 0) is 58.7 Å². The summed E-state index contributed by atoms with van der Waals surface area (Å²) in [5, 5.41) is 2.68. The topological polar surface area (TPSA) is 20.3 Å². The lowest BCUT2D eigenvalue weighted by molar-refractivity contribution is 0.0766. The van der Waals surface area contributed by atoms with Crippen LogP contribution in [0.15, 0.2) is 41.8 Å². The molecule has 110 valence electrons. The molecule has 0 spiro atoms. The summed E-state index contributed by atoms with van der Waals surface area (Å²) in [6.45, 7) is 1.69. The molecule has 1 fully saturated rings. The SMILES string of the molecule is O=C(c1cccc(I)c1)N1CCSC(c2cccs2)CC1. The van der Waals surface area contributed by atoms with Gasteiger partial charge in [0.05, 0.1) is 0 Å². The summed E-state index contributed by atoms with van der Waals surface area (Å²) >= 11 is 6.05. The minimum Gasteiger partial charge on any atom is -0.338 e. The number of halogens is 1. The molecular formula is C16H16INOS2. The molecule has 2 heterocycles. The molecule has 1 aromatic carbocycles. The first-order chi connectivity index (χ1) is 10.2. The number of amides is 1. The van der Waals surface area contributed by atoms with Gasteiger partial charge in [-0.1, -0.05) is 12.1 Å². The van der Waals surface area contributed by atoms with Crippen LogP contribution in [0.3, 0.4) is 0 Å². The van der Waals surface area contributed by atoms with E-state index in [0.29, 0.717) is 5.25 Å². The number of thiophene rings is 1. The van der Waals surface area contributed by atoms with Crippen molar-refractivity contribution in [1.29, 1.82) is 0 Å². The monoisotopic (exact) mass is 429 g/mol. The molecule has 3 rings (SSSR count). The average molecular weight is 429 g/mol. The van der Waals surface area contributed by atoms with Gasteiger partial charge in [0, 0.05) is 38.1 Å². The lowest BCUT2D eigenvalue weighted by Crippen LogP contribution is -2.33. The van der Waals surface area contributed by atoms with Crippen molar-refractivity contribution in [2.75, 3.05) is 18.8 Å². The van der Waals surface area contributed by atoms with Gasteiger partial charge in [-0.15, -0.1) is 11.3 Å². The third-order valence-electron chi connectivity index (χ3n) is 3.56. The summed E-state index contributed by atoms with van der Waals surface area (Å²) in [5.41, 5.74) is 0.807. The lowest BCUT2D eigenvalue weighted by atomic mass is 10.2. The van der Waals surface area contributed by atoms with Crippen LogP contribution in [0.25, 0.3) is 0 Å². The fraction of sp³-hybridized carbons (Fsp3) is 0.312. The molecule has 1 saturated heterocycles. The zero-order valence-corrected chi connectivity index (χ0v) is 15.3. The van der Waals surface area contributed by atoms with Crippen LogP contribution in [-0.4, -0.2) is 29.6 Å². The van der Waals surface area contributed by atoms with E-state index in [2.05, 4.69) is 40.1 Å². The molecule has 1 aliphatic rings. The molecular weight excluding hydrogens is 413 g/mol. The Labute approximate surface area is 147 Å². The summed E-state index contributed by atoms with van der Waals surface area (Å²) in [6.07, 6.45) is 1.04. The highest BCUT2D eigenvalue weighted by atomic mass is 127. The molecule has 0 saturated carbocycles. The minimum absolute atomic E-state index is 0.168. The predicted molar refractivity (Wildman–Crippen MR) is 99.2 cm³/mol. The molecule has 5 heteroatoms. The third-order valence-corrected chi connectivity index (χ3v) is 6.68. The van der Waals surface area contributed by atoms with Crippen molar-refractivity contribution in [2.24, 2.45) is 0 Å². The highest BCUT2D eigenvalue weighted by molar-refractivity contribution is 14.1. The number of benzene rings is 1. The van der Waals surface area contributed by atoms with Crippen molar-refractivity contribution in [1.82, 2.24) is 4.90 Å². The van der Waals surface area contributed by atoms with E-state index < -0.39 is 0 Å². The van der Waals surface area contributed by atoms with Gasteiger partial charge in [-0.2, -0.15) is 11.8 Å². The molecule has 0 bridgehead atoms. The van der Waals surface area contributed by atoms with Crippen molar-refractivity contribution >= 4 is 51.6 Å². The van der Waals surface area contributed by atoms with Crippen LogP contribution in [-0.2, 0) is 0 Å². The second-order valence-electron chi connectivity index (χ2n) is 4.97. The Morgan fingerprint density at radius 1 is 1.24 bits per heavy atom. The van der Waals surface area contributed by atoms with E-state index in [0.717, 1.165) is 34.4 Å². The Morgan fingerprint density at radius 2 is 2.14 bits per heavy atom. The molecule has 1 unspecified atom stereocenters. The lowest BCUT2D eigenvalue weighted by Gasteiger charge is -2.20. The first-order valence-electron chi connectivity index (χ1n) is 6.94. The smallest absolute Gasteiger partial charge is 0.253 e. The summed E-state index contributed by atoms with van der Waals surface area (Å²) < 4.78 is 1.11. The van der Waals surface area contributed by atoms with Gasteiger partial charge >= 0.3 is 0 Å². The first kappa shape index (κ1) is 15.4. The van der Waals surface area contributed by atoms with E-state index in [9.17, 15) is 4.79 Å². The zero-order valence-electron chi connectivity index (χ0n) is 11.5. The highest BCUT2D eigenvalue weighted by Crippen LogP contribution is 2.36. The van der Waals surface area contributed by atoms with Gasteiger partial charge < -0.3 is 4.90 Å². The molecule has 1 aliphatic heterocycles. The number of thioether (sulfide) groups is 1. The second kappa shape index (κ2) is 7.15. The van der Waals surface area contributed by atoms with E-state index in [-0.39, 0.29) is 5.91 Å². The highest BCUT2D eigenvalue weighted by Gasteiger charge is 2.23. The van der Waals surface area contributed by atoms with Crippen molar-refractivity contribution in [3.8, 4) is 0 Å². The van der Waals surface area contributed by atoms with Crippen LogP contribution >= 0.6 is 45.7 Å². The van der Waals surface area contributed by atoms with E-state index in [4.69, 9.17) is 0 Å². The van der Waals surface area contributed by atoms with Crippen LogP contribution < -0.4 is 0 Å². The van der Waals surface area contributed by atoms with E-state index in [1.807, 2.05) is 52.3 Å². The maximum atomic E-state index is 12.6. The molecule has 1 aromatic heterocycles. The van der Waals surface area contributed by atoms with Gasteiger partial charge in [-0.3, -0.25) is 4.79 Å². The summed E-state index contributed by atoms with van der Waals surface area (Å²) in [5.74, 6) is 1.18. The van der Waals surface area contributed by atoms with Crippen molar-refractivity contribution in [2.45, 2.75) is 11.7 Å². The average Bonchev–Trinajstić information content (AvgIpc) is 2.91. The van der Waals surface area contributed by atoms with Gasteiger partial charge in [0.25, 0.3) is 5.91 Å². The molecule has 0 aliphatic carbocycles. The van der Waals surface area contributed by atoms with Crippen molar-refractivity contribution < 1.29 is 4.79 Å². The van der Waals surface area contributed by atoms with Crippen LogP contribution in [0.1, 0.15) is 26.9 Å². The first-order valence-corrected chi connectivity index (χ1v) is 9.94. The largest absolute Gasteiger partial charge is 0.338 e. The molecule has 1 amide bonds. The van der Waals surface area contributed by atoms with Crippen LogP contribution in [0.5, 0.6) is 0 Å². The van der Waals surface area contributed by atoms with Gasteiger partial charge in [0.2, 0.25) is 0 Å². The van der Waals surface area contributed by atoms with E-state index in [1.165, 1.54) is 4.88 Å². The van der Waals surface area contributed by atoms with Crippen molar-refractivity contribution in [3.05, 3.63) is 55.8 Å². The Hall–Kier alpha value is -0.530. The Bertz CT molecular complexity index is 614. The van der Waals surface area contributed by atoms with E-state index >= 15 is 0 Å². The number of carbonyl (C=O) groups is 1. The number of nitrogens with zero attached hydrogens (tertiary/aromatic N) is 1. The maximum Gasteiger partial charge on any atom is 0.253 e. The standard InChI is InChI=1S/C16H16INOS2/c17-13-4-1-3-12(11-13)16(19)18-7-6-15(21-10-8-18)14-5-2-9-20-14/h1-5,9,11,15H,6-8,10H2. The molecule has 2 nitrogen and oxygen atoms in total. The second-order valence-corrected chi connectivity index (χ2v) is 8.50. The van der Waals surface area contributed by atoms with Crippen LogP contribution in [0.4, 0.5) is 0 Å². The van der Waals surface area contributed by atoms with Gasteiger partial charge in [0.15, 0.2) is 0 Å². The maximum absolute atomic E-state index is 12.6. The van der Waals surface area contributed by atoms with Gasteiger partial charge in [0.1, 0.15) is 0 Å². The molecule has 0 N–H and O–H groups in total. The minimum atomic E-state index is 0.168. The van der Waals surface area contributed by atoms with Crippen LogP contribution in [0, 0.1) is 3.57 Å². The zero-order chi connectivity index (χ0) is 14.7. The fourth-order valence-electron chi connectivity index (χ4n) is 2.48. The molecule has 2 aromatic rings. The summed E-state index contributed by atoms with van der Waals surface area (Å²) in [6, 6.07) is 12.2. The number of hydrogen-bond donors (Lipinski definition) is 0. The quantitative estimate of drug-likeness (QED) is 0.647. The number of rotatable bonds is 2. The van der Waals surface area contributed by atoms with E-state index in [1.54, 1.807) is 0 Å². The third kappa shape index (κ3) is 3.81. The fourth-order valence-corrected chi connectivity index (χ4v) is 5.26. The Balaban J connectivity index is 1.69. The molecule has 0 radical (unpaired) electrons. The predicted octanol–water partition coefficient (Wildman–Crippen LogP) is 4.67. The summed E-state index contributed by atoms with van der Waals surface area (Å²) in [4.78, 5) is 16.1. The Morgan fingerprint density at radius 3 is 2.90 bits per heavy atom. The molecule has 21 heavy (non-hydrogen) atoms.